The maximum Gasteiger partial charge on any atom is 0.119 e. The molecule has 2 N–H and O–H groups in total. The van der Waals surface area contributed by atoms with Crippen molar-refractivity contribution in [2.75, 3.05) is 0 Å². The standard InChI is InChI=1S/C11H16O2/c1-11(2,3)7-8-6-9(12)4-5-10(8)13/h4-6,12-13H,7H2,1-3H3. The molecule has 72 valence electrons. The summed E-state index contributed by atoms with van der Waals surface area (Å²) >= 11 is 0. The van der Waals surface area contributed by atoms with Crippen molar-refractivity contribution in [3.8, 4) is 11.5 Å². The van der Waals surface area contributed by atoms with E-state index in [0.29, 0.717) is 0 Å². The van der Waals surface area contributed by atoms with Crippen LogP contribution in [0.3, 0.4) is 0 Å². The predicted molar refractivity (Wildman–Crippen MR) is 52.9 cm³/mol. The lowest BCUT2D eigenvalue weighted by molar-refractivity contribution is 0.392. The molecular weight excluding hydrogens is 164 g/mol. The summed E-state index contributed by atoms with van der Waals surface area (Å²) in [7, 11) is 0. The van der Waals surface area contributed by atoms with Crippen LogP contribution in [0.5, 0.6) is 11.5 Å². The van der Waals surface area contributed by atoms with Crippen LogP contribution < -0.4 is 0 Å². The Morgan fingerprint density at radius 3 is 2.31 bits per heavy atom. The molecule has 0 heterocycles. The zero-order chi connectivity index (χ0) is 10.1. The third-order valence-corrected chi connectivity index (χ3v) is 1.78. The van der Waals surface area contributed by atoms with Crippen LogP contribution in [0.1, 0.15) is 26.3 Å². The van der Waals surface area contributed by atoms with Gasteiger partial charge in [0.2, 0.25) is 0 Å². The third kappa shape index (κ3) is 2.98. The molecule has 0 spiro atoms. The van der Waals surface area contributed by atoms with Crippen molar-refractivity contribution < 1.29 is 10.2 Å². The highest BCUT2D eigenvalue weighted by molar-refractivity contribution is 5.39. The van der Waals surface area contributed by atoms with E-state index in [0.717, 1.165) is 12.0 Å². The fourth-order valence-corrected chi connectivity index (χ4v) is 1.28. The monoisotopic (exact) mass is 180 g/mol. The smallest absolute Gasteiger partial charge is 0.119 e. The van der Waals surface area contributed by atoms with E-state index in [1.807, 2.05) is 0 Å². The maximum absolute atomic E-state index is 9.49. The topological polar surface area (TPSA) is 40.5 Å². The molecule has 1 aromatic rings. The first-order valence-electron chi connectivity index (χ1n) is 4.39. The number of phenols is 2. The van der Waals surface area contributed by atoms with Crippen LogP contribution in [-0.4, -0.2) is 10.2 Å². The van der Waals surface area contributed by atoms with Crippen LogP contribution in [0.4, 0.5) is 0 Å². The van der Waals surface area contributed by atoms with Gasteiger partial charge in [0.05, 0.1) is 0 Å². The van der Waals surface area contributed by atoms with Crippen molar-refractivity contribution in [3.05, 3.63) is 23.8 Å². The number of hydrogen-bond donors (Lipinski definition) is 2. The fourth-order valence-electron chi connectivity index (χ4n) is 1.28. The van der Waals surface area contributed by atoms with Gasteiger partial charge in [-0.2, -0.15) is 0 Å². The molecule has 13 heavy (non-hydrogen) atoms. The molecule has 0 unspecified atom stereocenters. The highest BCUT2D eigenvalue weighted by Crippen LogP contribution is 2.29. The molecule has 0 aromatic heterocycles. The van der Waals surface area contributed by atoms with Gasteiger partial charge in [0.25, 0.3) is 0 Å². The van der Waals surface area contributed by atoms with Gasteiger partial charge in [-0.05, 0) is 35.6 Å². The van der Waals surface area contributed by atoms with Crippen LogP contribution in [0.25, 0.3) is 0 Å². The Balaban J connectivity index is 2.94. The molecule has 0 saturated carbocycles. The normalized spacial score (nSPS) is 11.6. The number of hydrogen-bond acceptors (Lipinski definition) is 2. The van der Waals surface area contributed by atoms with Crippen molar-refractivity contribution in [2.24, 2.45) is 5.41 Å². The Hall–Kier alpha value is -1.18. The first-order valence-corrected chi connectivity index (χ1v) is 4.39. The fraction of sp³-hybridized carbons (Fsp3) is 0.455. The number of rotatable bonds is 1. The minimum atomic E-state index is 0.116. The quantitative estimate of drug-likeness (QED) is 0.652. The first kappa shape index (κ1) is 9.90. The molecule has 1 aromatic carbocycles. The van der Waals surface area contributed by atoms with Crippen molar-refractivity contribution in [1.29, 1.82) is 0 Å². The van der Waals surface area contributed by atoms with Gasteiger partial charge in [0, 0.05) is 0 Å². The largest absolute Gasteiger partial charge is 0.508 e. The highest BCUT2D eigenvalue weighted by Gasteiger charge is 2.14. The molecule has 2 heteroatoms. The SMILES string of the molecule is CC(C)(C)Cc1cc(O)ccc1O. The van der Waals surface area contributed by atoms with E-state index in [2.05, 4.69) is 20.8 Å². The zero-order valence-electron chi connectivity index (χ0n) is 8.33. The van der Waals surface area contributed by atoms with Crippen LogP contribution in [0.2, 0.25) is 0 Å². The first-order chi connectivity index (χ1) is 5.88. The van der Waals surface area contributed by atoms with Gasteiger partial charge in [-0.15, -0.1) is 0 Å². The molecule has 0 fully saturated rings. The molecular formula is C11H16O2. The third-order valence-electron chi connectivity index (χ3n) is 1.78. The average molecular weight is 180 g/mol. The van der Waals surface area contributed by atoms with Gasteiger partial charge in [-0.3, -0.25) is 0 Å². The van der Waals surface area contributed by atoms with Crippen molar-refractivity contribution in [2.45, 2.75) is 27.2 Å². The molecule has 1 rings (SSSR count). The second-order valence-corrected chi connectivity index (χ2v) is 4.55. The van der Waals surface area contributed by atoms with Gasteiger partial charge < -0.3 is 10.2 Å². The molecule has 0 aliphatic rings. The lowest BCUT2D eigenvalue weighted by Crippen LogP contribution is -2.09. The summed E-state index contributed by atoms with van der Waals surface area (Å²) < 4.78 is 0. The summed E-state index contributed by atoms with van der Waals surface area (Å²) in [4.78, 5) is 0. The maximum atomic E-state index is 9.49. The lowest BCUT2D eigenvalue weighted by Gasteiger charge is -2.18. The second-order valence-electron chi connectivity index (χ2n) is 4.55. The van der Waals surface area contributed by atoms with Gasteiger partial charge in [-0.1, -0.05) is 20.8 Å². The Morgan fingerprint density at radius 2 is 1.77 bits per heavy atom. The summed E-state index contributed by atoms with van der Waals surface area (Å²) in [5.74, 6) is 0.463. The van der Waals surface area contributed by atoms with Crippen LogP contribution in [0, 0.1) is 5.41 Å². The summed E-state index contributed by atoms with van der Waals surface area (Å²) in [5, 5.41) is 18.7. The predicted octanol–water partition coefficient (Wildman–Crippen LogP) is 2.69. The molecule has 0 saturated heterocycles. The van der Waals surface area contributed by atoms with E-state index in [1.165, 1.54) is 12.1 Å². The minimum Gasteiger partial charge on any atom is -0.508 e. The van der Waals surface area contributed by atoms with Crippen molar-refractivity contribution in [1.82, 2.24) is 0 Å². The summed E-state index contributed by atoms with van der Waals surface area (Å²) in [6.07, 6.45) is 0.757. The molecule has 0 amide bonds. The Kier molecular flexibility index (Phi) is 2.50. The van der Waals surface area contributed by atoms with Crippen LogP contribution >= 0.6 is 0 Å². The van der Waals surface area contributed by atoms with E-state index in [1.54, 1.807) is 6.07 Å². The van der Waals surface area contributed by atoms with E-state index in [4.69, 9.17) is 0 Å². The van der Waals surface area contributed by atoms with Gasteiger partial charge in [0.1, 0.15) is 11.5 Å². The summed E-state index contributed by atoms with van der Waals surface area (Å²) in [5.41, 5.74) is 0.915. The average Bonchev–Trinajstić information content (AvgIpc) is 1.94. The molecule has 0 radical (unpaired) electrons. The van der Waals surface area contributed by atoms with Gasteiger partial charge >= 0.3 is 0 Å². The van der Waals surface area contributed by atoms with Crippen LogP contribution in [0.15, 0.2) is 18.2 Å². The second kappa shape index (κ2) is 3.29. The molecule has 0 atom stereocenters. The van der Waals surface area contributed by atoms with Gasteiger partial charge in [-0.25, -0.2) is 0 Å². The van der Waals surface area contributed by atoms with E-state index < -0.39 is 0 Å². The number of aromatic hydroxyl groups is 2. The summed E-state index contributed by atoms with van der Waals surface area (Å²) in [6, 6.07) is 4.62. The minimum absolute atomic E-state index is 0.116. The summed E-state index contributed by atoms with van der Waals surface area (Å²) in [6.45, 7) is 6.28. The van der Waals surface area contributed by atoms with Gasteiger partial charge in [0.15, 0.2) is 0 Å². The van der Waals surface area contributed by atoms with Crippen molar-refractivity contribution >= 4 is 0 Å². The molecule has 2 nitrogen and oxygen atoms in total. The Bertz CT molecular complexity index is 297. The number of phenolic OH excluding ortho intramolecular Hbond substituents is 2. The molecule has 0 bridgehead atoms. The Morgan fingerprint density at radius 1 is 1.15 bits per heavy atom. The number of benzene rings is 1. The van der Waals surface area contributed by atoms with E-state index in [-0.39, 0.29) is 16.9 Å². The Labute approximate surface area is 78.8 Å². The van der Waals surface area contributed by atoms with E-state index in [9.17, 15) is 10.2 Å². The van der Waals surface area contributed by atoms with Crippen molar-refractivity contribution in [3.63, 3.8) is 0 Å². The van der Waals surface area contributed by atoms with Crippen LogP contribution in [-0.2, 0) is 6.42 Å². The zero-order valence-corrected chi connectivity index (χ0v) is 8.33. The molecule has 0 aliphatic carbocycles. The highest BCUT2D eigenvalue weighted by atomic mass is 16.3. The van der Waals surface area contributed by atoms with E-state index >= 15 is 0 Å². The molecule has 0 aliphatic heterocycles. The lowest BCUT2D eigenvalue weighted by atomic mass is 9.88.